The molecule has 0 aliphatic heterocycles. The Hall–Kier alpha value is -3.03. The van der Waals surface area contributed by atoms with Gasteiger partial charge in [0.2, 0.25) is 5.91 Å². The molecule has 3 aromatic rings. The summed E-state index contributed by atoms with van der Waals surface area (Å²) in [5.74, 6) is 0.620. The van der Waals surface area contributed by atoms with Crippen molar-refractivity contribution in [3.63, 3.8) is 0 Å². The van der Waals surface area contributed by atoms with Crippen molar-refractivity contribution in [1.29, 1.82) is 0 Å². The largest absolute Gasteiger partial charge is 0.382 e. The lowest BCUT2D eigenvalue weighted by Gasteiger charge is -2.20. The van der Waals surface area contributed by atoms with Crippen LogP contribution in [0.25, 0.3) is 11.2 Å². The third kappa shape index (κ3) is 4.52. The summed E-state index contributed by atoms with van der Waals surface area (Å²) >= 11 is 0. The number of fused-ring (bicyclic) bond motifs is 2. The summed E-state index contributed by atoms with van der Waals surface area (Å²) < 4.78 is 15.7. The van der Waals surface area contributed by atoms with Gasteiger partial charge >= 0.3 is 6.08 Å². The molecule has 0 unspecified atom stereocenters. The summed E-state index contributed by atoms with van der Waals surface area (Å²) in [7, 11) is 0. The zero-order chi connectivity index (χ0) is 22.3. The van der Waals surface area contributed by atoms with Gasteiger partial charge in [-0.25, -0.2) is 4.98 Å². The number of hydrogen-bond donors (Lipinski definition) is 2. The van der Waals surface area contributed by atoms with Gasteiger partial charge in [0, 0.05) is 24.9 Å². The van der Waals surface area contributed by atoms with Gasteiger partial charge in [-0.15, -0.1) is 0 Å². The molecule has 4 rings (SSSR count). The summed E-state index contributed by atoms with van der Waals surface area (Å²) in [4.78, 5) is 24.6. The van der Waals surface area contributed by atoms with Crippen molar-refractivity contribution in [2.45, 2.75) is 71.9 Å². The van der Waals surface area contributed by atoms with E-state index in [4.69, 9.17) is 5.73 Å². The Morgan fingerprint density at radius 1 is 1.19 bits per heavy atom. The molecule has 0 saturated carbocycles. The molecular weight excluding hydrogens is 395 g/mol. The molecule has 2 heterocycles. The van der Waals surface area contributed by atoms with Crippen LogP contribution in [-0.4, -0.2) is 31.0 Å². The first kappa shape index (κ1) is 21.2. The fourth-order valence-corrected chi connectivity index (χ4v) is 4.26. The number of nitrogens with two attached hydrogens (primary N) is 1. The van der Waals surface area contributed by atoms with Crippen LogP contribution in [0.4, 0.5) is 10.2 Å². The molecule has 0 radical (unpaired) electrons. The van der Waals surface area contributed by atoms with Gasteiger partial charge in [-0.2, -0.15) is 14.4 Å². The number of aryl methyl sites for hydroxylation is 4. The van der Waals surface area contributed by atoms with Crippen LogP contribution >= 0.6 is 0 Å². The van der Waals surface area contributed by atoms with Gasteiger partial charge in [0.05, 0.1) is 0 Å². The number of benzene rings is 1. The molecule has 31 heavy (non-hydrogen) atoms. The first-order valence-electron chi connectivity index (χ1n) is 10.7. The summed E-state index contributed by atoms with van der Waals surface area (Å²) in [6.07, 6.45) is 3.29. The Kier molecular flexibility index (Phi) is 5.41. The van der Waals surface area contributed by atoms with Gasteiger partial charge in [0.15, 0.2) is 17.0 Å². The lowest BCUT2D eigenvalue weighted by molar-refractivity contribution is -0.122. The van der Waals surface area contributed by atoms with Crippen LogP contribution in [0.2, 0.25) is 0 Å². The summed E-state index contributed by atoms with van der Waals surface area (Å²) in [5, 5.41) is 2.95. The van der Waals surface area contributed by atoms with Crippen LogP contribution in [0.5, 0.6) is 0 Å². The summed E-state index contributed by atoms with van der Waals surface area (Å²) in [5.41, 5.74) is 11.5. The second-order valence-electron chi connectivity index (χ2n) is 9.36. The number of nitrogens with zero attached hydrogens (tertiary/aromatic N) is 4. The van der Waals surface area contributed by atoms with Gasteiger partial charge in [-0.1, -0.05) is 12.1 Å². The number of carbonyl (C=O) groups excluding carboxylic acids is 1. The fraction of sp³-hybridized carbons (Fsp3) is 0.478. The molecule has 1 amide bonds. The number of carbonyl (C=O) groups is 1. The van der Waals surface area contributed by atoms with E-state index in [2.05, 4.69) is 39.3 Å². The molecule has 0 fully saturated rings. The van der Waals surface area contributed by atoms with Gasteiger partial charge in [0.1, 0.15) is 5.82 Å². The summed E-state index contributed by atoms with van der Waals surface area (Å²) in [6, 6.07) is 4.51. The Balaban J connectivity index is 1.70. The number of hydrogen-bond acceptors (Lipinski definition) is 5. The lowest BCUT2D eigenvalue weighted by Crippen LogP contribution is -2.40. The van der Waals surface area contributed by atoms with Crippen LogP contribution in [0.15, 0.2) is 12.1 Å². The number of aromatic nitrogens is 4. The quantitative estimate of drug-likeness (QED) is 0.613. The van der Waals surface area contributed by atoms with Crippen LogP contribution in [0.3, 0.4) is 0 Å². The predicted octanol–water partition coefficient (Wildman–Crippen LogP) is 3.24. The average molecular weight is 425 g/mol. The van der Waals surface area contributed by atoms with E-state index in [1.165, 1.54) is 28.7 Å². The molecular formula is C23H29FN6O. The molecule has 0 atom stereocenters. The smallest absolute Gasteiger partial charge is 0.312 e. The van der Waals surface area contributed by atoms with Crippen molar-refractivity contribution in [2.24, 2.45) is 0 Å². The van der Waals surface area contributed by atoms with Crippen molar-refractivity contribution >= 4 is 22.9 Å². The minimum absolute atomic E-state index is 0.00678. The van der Waals surface area contributed by atoms with E-state index in [1.54, 1.807) is 4.57 Å². The average Bonchev–Trinajstić information content (AvgIpc) is 3.23. The van der Waals surface area contributed by atoms with Crippen molar-refractivity contribution in [3.05, 3.63) is 46.3 Å². The van der Waals surface area contributed by atoms with Crippen molar-refractivity contribution < 1.29 is 9.18 Å². The number of nitrogens with one attached hydrogen (secondary N) is 1. The van der Waals surface area contributed by atoms with E-state index in [0.717, 1.165) is 12.8 Å². The Morgan fingerprint density at radius 2 is 1.90 bits per heavy atom. The zero-order valence-corrected chi connectivity index (χ0v) is 18.5. The monoisotopic (exact) mass is 424 g/mol. The second-order valence-corrected chi connectivity index (χ2v) is 9.36. The number of nitrogen functional groups attached to an aromatic ring is 1. The number of halogens is 1. The molecule has 7 nitrogen and oxygen atoms in total. The van der Waals surface area contributed by atoms with Gasteiger partial charge in [-0.05, 0) is 69.2 Å². The van der Waals surface area contributed by atoms with E-state index in [0.29, 0.717) is 30.0 Å². The molecule has 8 heteroatoms. The highest BCUT2D eigenvalue weighted by Crippen LogP contribution is 2.28. The fourth-order valence-electron chi connectivity index (χ4n) is 4.26. The van der Waals surface area contributed by atoms with E-state index >= 15 is 0 Å². The molecule has 0 saturated heterocycles. The number of amides is 1. The molecule has 2 aromatic heterocycles. The summed E-state index contributed by atoms with van der Waals surface area (Å²) in [6.45, 7) is 8.23. The molecule has 1 aliphatic rings. The second kappa shape index (κ2) is 7.90. The Bertz CT molecular complexity index is 1160. The van der Waals surface area contributed by atoms with Crippen molar-refractivity contribution in [1.82, 2.24) is 24.8 Å². The first-order valence-corrected chi connectivity index (χ1v) is 10.7. The third-order valence-corrected chi connectivity index (χ3v) is 5.65. The zero-order valence-electron chi connectivity index (χ0n) is 18.5. The van der Waals surface area contributed by atoms with Gasteiger partial charge < -0.3 is 15.6 Å². The highest BCUT2D eigenvalue weighted by molar-refractivity contribution is 5.82. The van der Waals surface area contributed by atoms with Crippen LogP contribution in [0, 0.1) is 13.0 Å². The van der Waals surface area contributed by atoms with Crippen LogP contribution in [0.1, 0.15) is 61.7 Å². The Morgan fingerprint density at radius 3 is 2.61 bits per heavy atom. The molecule has 164 valence electrons. The van der Waals surface area contributed by atoms with Crippen LogP contribution in [-0.2, 0) is 30.6 Å². The lowest BCUT2D eigenvalue weighted by atomic mass is 9.98. The normalized spacial score (nSPS) is 13.6. The van der Waals surface area contributed by atoms with E-state index in [1.807, 2.05) is 20.8 Å². The SMILES string of the molecule is Cc1cc2c(cc1Cc1nc3c(N)nc(F)nc3n1CCC(=O)NC(C)(C)C)CCC2. The van der Waals surface area contributed by atoms with Crippen LogP contribution < -0.4 is 11.1 Å². The number of anilines is 1. The third-order valence-electron chi connectivity index (χ3n) is 5.65. The van der Waals surface area contributed by atoms with Crippen molar-refractivity contribution in [2.75, 3.05) is 5.73 Å². The van der Waals surface area contributed by atoms with Crippen molar-refractivity contribution in [3.8, 4) is 0 Å². The minimum atomic E-state index is -0.898. The molecule has 1 aromatic carbocycles. The van der Waals surface area contributed by atoms with Gasteiger partial charge in [-0.3, -0.25) is 4.79 Å². The number of rotatable bonds is 5. The minimum Gasteiger partial charge on any atom is -0.382 e. The highest BCUT2D eigenvalue weighted by atomic mass is 19.1. The Labute approximate surface area is 181 Å². The maximum Gasteiger partial charge on any atom is 0.312 e. The predicted molar refractivity (Wildman–Crippen MR) is 118 cm³/mol. The van der Waals surface area contributed by atoms with E-state index in [9.17, 15) is 9.18 Å². The molecule has 3 N–H and O–H groups in total. The maximum absolute atomic E-state index is 13.9. The topological polar surface area (TPSA) is 98.7 Å². The molecule has 0 spiro atoms. The van der Waals surface area contributed by atoms with E-state index in [-0.39, 0.29) is 23.7 Å². The molecule has 1 aliphatic carbocycles. The molecule has 0 bridgehead atoms. The first-order chi connectivity index (χ1) is 14.6. The highest BCUT2D eigenvalue weighted by Gasteiger charge is 2.21. The standard InChI is InChI=1S/C23H29FN6O/c1-13-10-14-6-5-7-15(14)11-16(13)12-17-26-19-20(25)27-22(24)28-21(19)30(17)9-8-18(31)29-23(2,3)4/h10-11H,5-9,12H2,1-4H3,(H,29,31)(H2,25,27,28). The number of imidazole rings is 1. The van der Waals surface area contributed by atoms with Gasteiger partial charge in [0.25, 0.3) is 0 Å². The van der Waals surface area contributed by atoms with E-state index < -0.39 is 6.08 Å². The maximum atomic E-state index is 13.9.